The van der Waals surface area contributed by atoms with Crippen molar-refractivity contribution in [1.29, 1.82) is 0 Å². The van der Waals surface area contributed by atoms with Gasteiger partial charge in [0.25, 0.3) is 15.9 Å². The Morgan fingerprint density at radius 1 is 1.20 bits per heavy atom. The Balaban J connectivity index is 1.64. The summed E-state index contributed by atoms with van der Waals surface area (Å²) >= 11 is 7.04. The lowest BCUT2D eigenvalue weighted by Gasteiger charge is -2.30. The predicted octanol–water partition coefficient (Wildman–Crippen LogP) is 3.45. The number of nitrogens with zero attached hydrogens (tertiary/aromatic N) is 2. The van der Waals surface area contributed by atoms with E-state index in [0.29, 0.717) is 29.1 Å². The number of halogens is 1. The fourth-order valence-corrected chi connectivity index (χ4v) is 6.22. The van der Waals surface area contributed by atoms with Crippen molar-refractivity contribution >= 4 is 50.5 Å². The maximum Gasteiger partial charge on any atom is 0.254 e. The Morgan fingerprint density at radius 3 is 2.50 bits per heavy atom. The van der Waals surface area contributed by atoms with Crippen molar-refractivity contribution in [3.63, 3.8) is 0 Å². The van der Waals surface area contributed by atoms with Crippen molar-refractivity contribution in [3.05, 3.63) is 45.8 Å². The van der Waals surface area contributed by atoms with Crippen molar-refractivity contribution in [1.82, 2.24) is 9.21 Å². The van der Waals surface area contributed by atoms with E-state index in [0.717, 1.165) is 16.9 Å². The number of amides is 2. The second-order valence-electron chi connectivity index (χ2n) is 7.48. The average Bonchev–Trinajstić information content (AvgIpc) is 3.21. The van der Waals surface area contributed by atoms with Crippen LogP contribution >= 0.6 is 22.9 Å². The molecule has 0 atom stereocenters. The summed E-state index contributed by atoms with van der Waals surface area (Å²) in [5.41, 5.74) is 1.93. The molecule has 0 aliphatic carbocycles. The Hall–Kier alpha value is -1.94. The van der Waals surface area contributed by atoms with Gasteiger partial charge in [-0.25, -0.2) is 8.42 Å². The van der Waals surface area contributed by atoms with Crippen molar-refractivity contribution in [2.45, 2.75) is 24.0 Å². The molecule has 0 radical (unpaired) electrons. The van der Waals surface area contributed by atoms with Crippen LogP contribution in [0.4, 0.5) is 5.69 Å². The summed E-state index contributed by atoms with van der Waals surface area (Å²) in [6.07, 6.45) is 0.860. The minimum Gasteiger partial charge on any atom is -0.345 e. The lowest BCUT2D eigenvalue weighted by Crippen LogP contribution is -2.41. The maximum absolute atomic E-state index is 12.9. The first-order valence-corrected chi connectivity index (χ1v) is 12.2. The average molecular weight is 470 g/mol. The van der Waals surface area contributed by atoms with Crippen molar-refractivity contribution in [3.8, 4) is 0 Å². The summed E-state index contributed by atoms with van der Waals surface area (Å²) in [6.45, 7) is 2.39. The topological polar surface area (TPSA) is 86.8 Å². The minimum absolute atomic E-state index is 0.132. The third-order valence-electron chi connectivity index (χ3n) is 5.10. The zero-order valence-corrected chi connectivity index (χ0v) is 19.4. The molecule has 0 bridgehead atoms. The summed E-state index contributed by atoms with van der Waals surface area (Å²) in [5, 5.41) is 5.00. The third-order valence-corrected chi connectivity index (χ3v) is 8.65. The van der Waals surface area contributed by atoms with Crippen LogP contribution in [0.3, 0.4) is 0 Å². The highest BCUT2D eigenvalue weighted by atomic mass is 35.5. The van der Waals surface area contributed by atoms with E-state index in [4.69, 9.17) is 11.6 Å². The third kappa shape index (κ3) is 4.85. The van der Waals surface area contributed by atoms with E-state index in [2.05, 4.69) is 5.32 Å². The van der Waals surface area contributed by atoms with E-state index in [9.17, 15) is 18.0 Å². The highest BCUT2D eigenvalue weighted by molar-refractivity contribution is 7.91. The van der Waals surface area contributed by atoms with Gasteiger partial charge in [-0.3, -0.25) is 9.59 Å². The Labute approximate surface area is 185 Å². The molecule has 0 unspecified atom stereocenters. The van der Waals surface area contributed by atoms with Crippen molar-refractivity contribution in [2.75, 3.05) is 32.5 Å². The first-order chi connectivity index (χ1) is 14.1. The summed E-state index contributed by atoms with van der Waals surface area (Å²) < 4.78 is 27.4. The normalized spacial score (nSPS) is 15.7. The zero-order valence-electron chi connectivity index (χ0n) is 17.0. The number of piperidine rings is 1. The maximum atomic E-state index is 12.9. The van der Waals surface area contributed by atoms with Crippen molar-refractivity contribution in [2.24, 2.45) is 5.92 Å². The van der Waals surface area contributed by atoms with E-state index < -0.39 is 10.0 Å². The number of benzene rings is 1. The molecular weight excluding hydrogens is 446 g/mol. The molecule has 1 N–H and O–H groups in total. The van der Waals surface area contributed by atoms with Crippen LogP contribution in [0.2, 0.25) is 5.02 Å². The van der Waals surface area contributed by atoms with Gasteiger partial charge in [-0.15, -0.1) is 11.3 Å². The SMILES string of the molecule is Cc1ccc(Cl)cc1NC(=O)C1CCN(S(=O)(=O)c2cc(C(=O)N(C)C)cs2)CC1. The molecule has 2 heterocycles. The number of sulfonamides is 1. The monoisotopic (exact) mass is 469 g/mol. The van der Waals surface area contributed by atoms with Gasteiger partial charge in [0.15, 0.2) is 0 Å². The molecule has 3 rings (SSSR count). The van der Waals surface area contributed by atoms with Gasteiger partial charge in [0.2, 0.25) is 5.91 Å². The minimum atomic E-state index is -3.69. The largest absolute Gasteiger partial charge is 0.345 e. The predicted molar refractivity (Wildman–Crippen MR) is 119 cm³/mol. The second-order valence-corrected chi connectivity index (χ2v) is 11.0. The molecule has 7 nitrogen and oxygen atoms in total. The van der Waals surface area contributed by atoms with Gasteiger partial charge in [0.05, 0.1) is 5.56 Å². The summed E-state index contributed by atoms with van der Waals surface area (Å²) in [5.74, 6) is -0.643. The van der Waals surface area contributed by atoms with Crippen molar-refractivity contribution < 1.29 is 18.0 Å². The van der Waals surface area contributed by atoms with Gasteiger partial charge in [-0.1, -0.05) is 17.7 Å². The van der Waals surface area contributed by atoms with Crippen LogP contribution < -0.4 is 5.32 Å². The van der Waals surface area contributed by atoms with E-state index in [1.165, 1.54) is 15.3 Å². The lowest BCUT2D eigenvalue weighted by atomic mass is 9.97. The van der Waals surface area contributed by atoms with E-state index in [-0.39, 0.29) is 35.0 Å². The molecule has 2 aromatic rings. The molecule has 162 valence electrons. The van der Waals surface area contributed by atoms with Crippen LogP contribution in [0.25, 0.3) is 0 Å². The molecule has 1 aromatic heterocycles. The number of carbonyl (C=O) groups is 2. The van der Waals surface area contributed by atoms with Crippen LogP contribution in [-0.2, 0) is 14.8 Å². The van der Waals surface area contributed by atoms with E-state index in [1.807, 2.05) is 13.0 Å². The zero-order chi connectivity index (χ0) is 22.1. The first-order valence-electron chi connectivity index (χ1n) is 9.47. The van der Waals surface area contributed by atoms with Crippen LogP contribution in [0.5, 0.6) is 0 Å². The standard InChI is InChI=1S/C20H24ClN3O4S2/c1-13-4-5-16(21)11-17(13)22-19(25)14-6-8-24(9-7-14)30(27,28)18-10-15(12-29-18)20(26)23(2)3/h4-5,10-12,14H,6-9H2,1-3H3,(H,22,25). The number of anilines is 1. The molecule has 2 amide bonds. The summed E-state index contributed by atoms with van der Waals surface area (Å²) in [6, 6.07) is 6.72. The molecule has 10 heteroatoms. The summed E-state index contributed by atoms with van der Waals surface area (Å²) in [4.78, 5) is 26.1. The quantitative estimate of drug-likeness (QED) is 0.726. The molecule has 1 aliphatic rings. The highest BCUT2D eigenvalue weighted by Gasteiger charge is 2.33. The van der Waals surface area contributed by atoms with Gasteiger partial charge in [0, 0.05) is 49.2 Å². The fraction of sp³-hybridized carbons (Fsp3) is 0.400. The number of carbonyl (C=O) groups excluding carboxylic acids is 2. The number of hydrogen-bond acceptors (Lipinski definition) is 5. The lowest BCUT2D eigenvalue weighted by molar-refractivity contribution is -0.120. The van der Waals surface area contributed by atoms with Gasteiger partial charge in [-0.2, -0.15) is 4.31 Å². The molecule has 0 spiro atoms. The highest BCUT2D eigenvalue weighted by Crippen LogP contribution is 2.29. The number of thiophene rings is 1. The van der Waals surface area contributed by atoms with Crippen LogP contribution in [-0.4, -0.2) is 56.6 Å². The van der Waals surface area contributed by atoms with Gasteiger partial charge >= 0.3 is 0 Å². The number of rotatable bonds is 5. The molecule has 1 fully saturated rings. The van der Waals surface area contributed by atoms with Gasteiger partial charge in [-0.05, 0) is 43.5 Å². The summed E-state index contributed by atoms with van der Waals surface area (Å²) in [7, 11) is -0.449. The van der Waals surface area contributed by atoms with Crippen LogP contribution in [0.15, 0.2) is 33.9 Å². The smallest absolute Gasteiger partial charge is 0.254 e. The first kappa shape index (κ1) is 22.7. The fourth-order valence-electron chi connectivity index (χ4n) is 3.27. The Bertz CT molecular complexity index is 1060. The number of nitrogens with one attached hydrogen (secondary N) is 1. The molecule has 1 aliphatic heterocycles. The van der Waals surface area contributed by atoms with Crippen LogP contribution in [0, 0.1) is 12.8 Å². The number of hydrogen-bond donors (Lipinski definition) is 1. The van der Waals surface area contributed by atoms with Crippen LogP contribution in [0.1, 0.15) is 28.8 Å². The van der Waals surface area contributed by atoms with E-state index >= 15 is 0 Å². The van der Waals surface area contributed by atoms with Gasteiger partial charge < -0.3 is 10.2 Å². The van der Waals surface area contributed by atoms with E-state index in [1.54, 1.807) is 31.6 Å². The molecule has 30 heavy (non-hydrogen) atoms. The van der Waals surface area contributed by atoms with Gasteiger partial charge in [0.1, 0.15) is 4.21 Å². The molecular formula is C20H24ClN3O4S2. The molecule has 0 saturated carbocycles. The molecule has 1 aromatic carbocycles. The molecule has 1 saturated heterocycles. The Morgan fingerprint density at radius 2 is 1.87 bits per heavy atom. The number of aryl methyl sites for hydroxylation is 1. The Kier molecular flexibility index (Phi) is 6.86. The second kappa shape index (κ2) is 9.05.